The molecule has 0 atom stereocenters. The van der Waals surface area contributed by atoms with Crippen molar-refractivity contribution in [3.05, 3.63) is 46.3 Å². The first kappa shape index (κ1) is 11.1. The van der Waals surface area contributed by atoms with Gasteiger partial charge >= 0.3 is 0 Å². The number of nitrogens with one attached hydrogen (secondary N) is 1. The van der Waals surface area contributed by atoms with Gasteiger partial charge in [-0.2, -0.15) is 5.10 Å². The summed E-state index contributed by atoms with van der Waals surface area (Å²) in [7, 11) is 1.86. The number of hydrogen-bond acceptors (Lipinski definition) is 2. The lowest BCUT2D eigenvalue weighted by atomic mass is 10.2. The van der Waals surface area contributed by atoms with E-state index in [1.807, 2.05) is 13.1 Å². The summed E-state index contributed by atoms with van der Waals surface area (Å²) in [5, 5.41) is 7.26. The second-order valence-electron chi connectivity index (χ2n) is 3.44. The van der Waals surface area contributed by atoms with Crippen LogP contribution in [-0.2, 0) is 13.6 Å². The molecule has 1 heterocycles. The zero-order valence-electron chi connectivity index (χ0n) is 8.74. The molecule has 1 N–H and O–H groups in total. The van der Waals surface area contributed by atoms with E-state index in [0.29, 0.717) is 11.0 Å². The van der Waals surface area contributed by atoms with Crippen molar-refractivity contribution in [2.24, 2.45) is 7.05 Å². The van der Waals surface area contributed by atoms with E-state index in [1.165, 1.54) is 6.07 Å². The van der Waals surface area contributed by atoms with Gasteiger partial charge < -0.3 is 5.32 Å². The molecule has 0 radical (unpaired) electrons. The number of anilines is 1. The van der Waals surface area contributed by atoms with Gasteiger partial charge in [0.05, 0.1) is 10.7 Å². The summed E-state index contributed by atoms with van der Waals surface area (Å²) < 4.78 is 15.2. The highest BCUT2D eigenvalue weighted by atomic mass is 79.9. The van der Waals surface area contributed by atoms with Crippen molar-refractivity contribution in [2.75, 3.05) is 5.32 Å². The lowest BCUT2D eigenvalue weighted by molar-refractivity contribution is 0.620. The van der Waals surface area contributed by atoms with Crippen molar-refractivity contribution >= 4 is 21.7 Å². The van der Waals surface area contributed by atoms with Crippen molar-refractivity contribution in [3.63, 3.8) is 0 Å². The minimum absolute atomic E-state index is 0.246. The van der Waals surface area contributed by atoms with Crippen LogP contribution in [0.4, 0.5) is 10.2 Å². The molecular weight excluding hydrogens is 273 g/mol. The Bertz CT molecular complexity index is 496. The maximum atomic E-state index is 13.0. The molecule has 0 saturated carbocycles. The third-order valence-electron chi connectivity index (χ3n) is 2.28. The van der Waals surface area contributed by atoms with E-state index in [1.54, 1.807) is 23.0 Å². The molecule has 0 bridgehead atoms. The topological polar surface area (TPSA) is 29.9 Å². The van der Waals surface area contributed by atoms with Crippen LogP contribution in [0.15, 0.2) is 34.9 Å². The van der Waals surface area contributed by atoms with Crippen LogP contribution in [0, 0.1) is 5.82 Å². The highest BCUT2D eigenvalue weighted by Crippen LogP contribution is 2.17. The summed E-state index contributed by atoms with van der Waals surface area (Å²) in [5.74, 6) is 0.685. The maximum absolute atomic E-state index is 13.0. The first-order valence-corrected chi connectivity index (χ1v) is 5.62. The van der Waals surface area contributed by atoms with Gasteiger partial charge in [-0.1, -0.05) is 6.07 Å². The molecule has 0 saturated heterocycles. The third kappa shape index (κ3) is 2.41. The van der Waals surface area contributed by atoms with Gasteiger partial charge in [0.15, 0.2) is 0 Å². The van der Waals surface area contributed by atoms with Crippen LogP contribution in [0.2, 0.25) is 0 Å². The van der Waals surface area contributed by atoms with Gasteiger partial charge in [0, 0.05) is 19.7 Å². The summed E-state index contributed by atoms with van der Waals surface area (Å²) in [5.41, 5.74) is 1.01. The number of nitrogens with zero attached hydrogens (tertiary/aromatic N) is 2. The van der Waals surface area contributed by atoms with E-state index in [9.17, 15) is 4.39 Å². The summed E-state index contributed by atoms with van der Waals surface area (Å²) in [6, 6.07) is 6.85. The second kappa shape index (κ2) is 4.65. The number of aromatic nitrogens is 2. The van der Waals surface area contributed by atoms with Crippen LogP contribution in [0.5, 0.6) is 0 Å². The Hall–Kier alpha value is -1.36. The molecule has 0 fully saturated rings. The predicted octanol–water partition coefficient (Wildman–Crippen LogP) is 2.93. The molecule has 84 valence electrons. The smallest absolute Gasteiger partial charge is 0.137 e. The van der Waals surface area contributed by atoms with Gasteiger partial charge in [-0.3, -0.25) is 4.68 Å². The monoisotopic (exact) mass is 283 g/mol. The van der Waals surface area contributed by atoms with E-state index in [0.717, 1.165) is 11.4 Å². The number of benzene rings is 1. The number of aryl methyl sites for hydroxylation is 1. The van der Waals surface area contributed by atoms with Gasteiger partial charge in [0.2, 0.25) is 0 Å². The quantitative estimate of drug-likeness (QED) is 0.939. The minimum Gasteiger partial charge on any atom is -0.366 e. The molecule has 3 nitrogen and oxygen atoms in total. The zero-order valence-corrected chi connectivity index (χ0v) is 10.3. The van der Waals surface area contributed by atoms with Crippen LogP contribution in [0.3, 0.4) is 0 Å². The van der Waals surface area contributed by atoms with Crippen molar-refractivity contribution in [1.82, 2.24) is 9.78 Å². The SMILES string of the molecule is Cn1nccc1NCc1ccc(F)c(Br)c1. The minimum atomic E-state index is -0.246. The summed E-state index contributed by atoms with van der Waals surface area (Å²) in [6.45, 7) is 0.637. The van der Waals surface area contributed by atoms with Crippen molar-refractivity contribution in [3.8, 4) is 0 Å². The standard InChI is InChI=1S/C11H11BrFN3/c1-16-11(4-5-15-16)14-7-8-2-3-10(13)9(12)6-8/h2-6,14H,7H2,1H3. The highest BCUT2D eigenvalue weighted by Gasteiger charge is 2.01. The van der Waals surface area contributed by atoms with Crippen LogP contribution in [0.1, 0.15) is 5.56 Å². The van der Waals surface area contributed by atoms with E-state index in [2.05, 4.69) is 26.3 Å². The predicted molar refractivity (Wildman–Crippen MR) is 64.6 cm³/mol. The first-order valence-electron chi connectivity index (χ1n) is 4.82. The molecule has 0 aliphatic carbocycles. The van der Waals surface area contributed by atoms with Gasteiger partial charge in [-0.15, -0.1) is 0 Å². The van der Waals surface area contributed by atoms with Gasteiger partial charge in [-0.25, -0.2) is 4.39 Å². The number of rotatable bonds is 3. The largest absolute Gasteiger partial charge is 0.366 e. The molecule has 16 heavy (non-hydrogen) atoms. The summed E-state index contributed by atoms with van der Waals surface area (Å²) in [4.78, 5) is 0. The molecule has 1 aromatic carbocycles. The molecule has 0 aliphatic rings. The van der Waals surface area contributed by atoms with E-state index in [-0.39, 0.29) is 5.82 Å². The molecule has 0 unspecified atom stereocenters. The average Bonchev–Trinajstić information content (AvgIpc) is 2.66. The molecule has 0 amide bonds. The maximum Gasteiger partial charge on any atom is 0.137 e. The Morgan fingerprint density at radius 1 is 1.44 bits per heavy atom. The van der Waals surface area contributed by atoms with Crippen LogP contribution < -0.4 is 5.32 Å². The van der Waals surface area contributed by atoms with E-state index < -0.39 is 0 Å². The molecule has 2 aromatic rings. The molecular formula is C11H11BrFN3. The number of halogens is 2. The Morgan fingerprint density at radius 2 is 2.25 bits per heavy atom. The Morgan fingerprint density at radius 3 is 2.88 bits per heavy atom. The van der Waals surface area contributed by atoms with Gasteiger partial charge in [-0.05, 0) is 33.6 Å². The molecule has 0 aliphatic heterocycles. The Labute approximate surface area is 101 Å². The van der Waals surface area contributed by atoms with Crippen molar-refractivity contribution < 1.29 is 4.39 Å². The average molecular weight is 284 g/mol. The lowest BCUT2D eigenvalue weighted by Crippen LogP contribution is -2.04. The van der Waals surface area contributed by atoms with Crippen molar-refractivity contribution in [2.45, 2.75) is 6.54 Å². The van der Waals surface area contributed by atoms with Crippen molar-refractivity contribution in [1.29, 1.82) is 0 Å². The lowest BCUT2D eigenvalue weighted by Gasteiger charge is -2.07. The summed E-state index contributed by atoms with van der Waals surface area (Å²) in [6.07, 6.45) is 1.73. The van der Waals surface area contributed by atoms with E-state index >= 15 is 0 Å². The molecule has 5 heteroatoms. The van der Waals surface area contributed by atoms with Crippen LogP contribution in [0.25, 0.3) is 0 Å². The molecule has 2 rings (SSSR count). The molecule has 0 spiro atoms. The number of hydrogen-bond donors (Lipinski definition) is 1. The first-order chi connectivity index (χ1) is 7.66. The van der Waals surface area contributed by atoms with E-state index in [4.69, 9.17) is 0 Å². The fourth-order valence-electron chi connectivity index (χ4n) is 1.39. The fraction of sp³-hybridized carbons (Fsp3) is 0.182. The fourth-order valence-corrected chi connectivity index (χ4v) is 1.82. The Balaban J connectivity index is 2.05. The van der Waals surface area contributed by atoms with Crippen LogP contribution >= 0.6 is 15.9 Å². The van der Waals surface area contributed by atoms with Gasteiger partial charge in [0.1, 0.15) is 11.6 Å². The van der Waals surface area contributed by atoms with Crippen LogP contribution in [-0.4, -0.2) is 9.78 Å². The second-order valence-corrected chi connectivity index (χ2v) is 4.30. The highest BCUT2D eigenvalue weighted by molar-refractivity contribution is 9.10. The zero-order chi connectivity index (χ0) is 11.5. The summed E-state index contributed by atoms with van der Waals surface area (Å²) >= 11 is 3.16. The normalized spacial score (nSPS) is 10.4. The Kier molecular flexibility index (Phi) is 3.24. The van der Waals surface area contributed by atoms with Gasteiger partial charge in [0.25, 0.3) is 0 Å². The third-order valence-corrected chi connectivity index (χ3v) is 2.89. The molecule has 1 aromatic heterocycles.